The molecule has 0 unspecified atom stereocenters. The van der Waals surface area contributed by atoms with Gasteiger partial charge in [-0.3, -0.25) is 0 Å². The van der Waals surface area contributed by atoms with Gasteiger partial charge in [0, 0.05) is 0 Å². The molecule has 1 aromatic rings. The first-order valence-electron chi connectivity index (χ1n) is 4.63. The largest absolute Gasteiger partial charge is 0.0795 e. The molecule has 0 saturated heterocycles. The number of hydrogen-bond acceptors (Lipinski definition) is 0. The highest BCUT2D eigenvalue weighted by Crippen LogP contribution is 2.17. The van der Waals surface area contributed by atoms with E-state index in [9.17, 15) is 0 Å². The second-order valence-electron chi connectivity index (χ2n) is 3.01. The summed E-state index contributed by atoms with van der Waals surface area (Å²) < 4.78 is 0. The van der Waals surface area contributed by atoms with Crippen LogP contribution in [0.25, 0.3) is 6.08 Å². The van der Waals surface area contributed by atoms with Crippen LogP contribution < -0.4 is 0 Å². The van der Waals surface area contributed by atoms with Crippen LogP contribution in [-0.4, -0.2) is 0 Å². The molecule has 0 bridgehead atoms. The minimum absolute atomic E-state index is 1.12. The molecule has 0 nitrogen and oxygen atoms in total. The van der Waals surface area contributed by atoms with Crippen LogP contribution in [0.4, 0.5) is 0 Å². The molecule has 12 heavy (non-hydrogen) atoms. The molecule has 64 valence electrons. The van der Waals surface area contributed by atoms with Crippen molar-refractivity contribution in [3.63, 3.8) is 0 Å². The van der Waals surface area contributed by atoms with Crippen molar-refractivity contribution in [3.8, 4) is 0 Å². The summed E-state index contributed by atoms with van der Waals surface area (Å²) in [6.07, 6.45) is 6.75. The minimum atomic E-state index is 1.12. The molecule has 0 heterocycles. The van der Waals surface area contributed by atoms with E-state index < -0.39 is 0 Å². The molecule has 0 heteroatoms. The summed E-state index contributed by atoms with van der Waals surface area (Å²) in [6.45, 7) is 4.25. The molecular weight excluding hydrogens is 144 g/mol. The van der Waals surface area contributed by atoms with Gasteiger partial charge in [0.05, 0.1) is 0 Å². The predicted molar refractivity (Wildman–Crippen MR) is 55.1 cm³/mol. The second-order valence-corrected chi connectivity index (χ2v) is 3.01. The van der Waals surface area contributed by atoms with Crippen LogP contribution in [0.2, 0.25) is 0 Å². The highest BCUT2D eigenvalue weighted by atomic mass is 14.0. The topological polar surface area (TPSA) is 0 Å². The Morgan fingerprint density at radius 1 is 1.17 bits per heavy atom. The maximum absolute atomic E-state index is 2.20. The highest BCUT2D eigenvalue weighted by molar-refractivity contribution is 5.59. The normalized spacial score (nSPS) is 11.8. The summed E-state index contributed by atoms with van der Waals surface area (Å²) >= 11 is 0. The zero-order valence-corrected chi connectivity index (χ0v) is 7.88. The molecule has 1 aliphatic carbocycles. The molecule has 2 rings (SSSR count). The van der Waals surface area contributed by atoms with Crippen LogP contribution in [0.5, 0.6) is 0 Å². The van der Waals surface area contributed by atoms with Crippen LogP contribution in [0, 0.1) is 0 Å². The third kappa shape index (κ3) is 2.23. The average molecular weight is 160 g/mol. The second kappa shape index (κ2) is 4.76. The molecule has 0 aromatic heterocycles. The monoisotopic (exact) mass is 160 g/mol. The van der Waals surface area contributed by atoms with Crippen molar-refractivity contribution < 1.29 is 0 Å². The maximum atomic E-state index is 2.20. The molecule has 0 radical (unpaired) electrons. The van der Waals surface area contributed by atoms with Gasteiger partial charge in [0.2, 0.25) is 0 Å². The van der Waals surface area contributed by atoms with Crippen molar-refractivity contribution in [3.05, 3.63) is 41.5 Å². The van der Waals surface area contributed by atoms with Gasteiger partial charge < -0.3 is 0 Å². The summed E-state index contributed by atoms with van der Waals surface area (Å²) in [4.78, 5) is 0. The number of allylic oxidation sites excluding steroid dienone is 1. The molecule has 1 aliphatic rings. The fraction of sp³-hybridized carbons (Fsp3) is 0.333. The van der Waals surface area contributed by atoms with E-state index in [1.54, 1.807) is 0 Å². The SMILES string of the molecule is C1=Cc2ccccc2C1.CCC. The average Bonchev–Trinajstić information content (AvgIpc) is 2.52. The predicted octanol–water partition coefficient (Wildman–Crippen LogP) is 3.67. The van der Waals surface area contributed by atoms with Gasteiger partial charge in [0.15, 0.2) is 0 Å². The summed E-state index contributed by atoms with van der Waals surface area (Å²) in [5.41, 5.74) is 2.84. The summed E-state index contributed by atoms with van der Waals surface area (Å²) in [5, 5.41) is 0. The molecular formula is C12H16. The van der Waals surface area contributed by atoms with Crippen molar-refractivity contribution in [2.75, 3.05) is 0 Å². The third-order valence-electron chi connectivity index (χ3n) is 1.69. The van der Waals surface area contributed by atoms with E-state index in [2.05, 4.69) is 50.3 Å². The lowest BCUT2D eigenvalue weighted by Gasteiger charge is -1.93. The number of benzene rings is 1. The molecule has 0 amide bonds. The lowest BCUT2D eigenvalue weighted by molar-refractivity contribution is 1.09. The fourth-order valence-electron chi connectivity index (χ4n) is 1.20. The first-order chi connectivity index (χ1) is 5.88. The Bertz CT molecular complexity index is 258. The van der Waals surface area contributed by atoms with E-state index >= 15 is 0 Å². The Morgan fingerprint density at radius 3 is 2.50 bits per heavy atom. The molecule has 0 N–H and O–H groups in total. The quantitative estimate of drug-likeness (QED) is 0.543. The van der Waals surface area contributed by atoms with Crippen LogP contribution in [0.3, 0.4) is 0 Å². The first-order valence-corrected chi connectivity index (χ1v) is 4.63. The number of fused-ring (bicyclic) bond motifs is 1. The van der Waals surface area contributed by atoms with Crippen molar-refractivity contribution in [2.24, 2.45) is 0 Å². The van der Waals surface area contributed by atoms with E-state index in [0.29, 0.717) is 0 Å². The lowest BCUT2D eigenvalue weighted by atomic mass is 10.1. The van der Waals surface area contributed by atoms with Gasteiger partial charge in [-0.2, -0.15) is 0 Å². The third-order valence-corrected chi connectivity index (χ3v) is 1.69. The highest BCUT2D eigenvalue weighted by Gasteiger charge is 2.00. The Kier molecular flexibility index (Phi) is 3.59. The van der Waals surface area contributed by atoms with Gasteiger partial charge in [-0.1, -0.05) is 56.7 Å². The van der Waals surface area contributed by atoms with E-state index in [-0.39, 0.29) is 0 Å². The van der Waals surface area contributed by atoms with E-state index in [0.717, 1.165) is 6.42 Å². The minimum Gasteiger partial charge on any atom is -0.0795 e. The zero-order chi connectivity index (χ0) is 8.81. The van der Waals surface area contributed by atoms with Crippen LogP contribution >= 0.6 is 0 Å². The Morgan fingerprint density at radius 2 is 1.83 bits per heavy atom. The maximum Gasteiger partial charge on any atom is -0.00882 e. The van der Waals surface area contributed by atoms with Crippen molar-refractivity contribution in [1.82, 2.24) is 0 Å². The smallest absolute Gasteiger partial charge is 0.00882 e. The molecule has 0 aliphatic heterocycles. The van der Waals surface area contributed by atoms with Crippen molar-refractivity contribution in [2.45, 2.75) is 26.7 Å². The fourth-order valence-corrected chi connectivity index (χ4v) is 1.20. The van der Waals surface area contributed by atoms with E-state index in [4.69, 9.17) is 0 Å². The van der Waals surface area contributed by atoms with E-state index in [1.165, 1.54) is 17.5 Å². The summed E-state index contributed by atoms with van der Waals surface area (Å²) in [7, 11) is 0. The van der Waals surface area contributed by atoms with Gasteiger partial charge >= 0.3 is 0 Å². The standard InChI is InChI=1S/C9H8.C3H8/c1-2-5-9-7-3-6-8(9)4-1;1-3-2/h1-6H,7H2;3H2,1-2H3. The molecule has 0 fully saturated rings. The van der Waals surface area contributed by atoms with Gasteiger partial charge in [-0.15, -0.1) is 0 Å². The van der Waals surface area contributed by atoms with Crippen molar-refractivity contribution in [1.29, 1.82) is 0 Å². The molecule has 1 aromatic carbocycles. The Labute approximate surface area is 74.9 Å². The molecule has 0 atom stereocenters. The lowest BCUT2D eigenvalue weighted by Crippen LogP contribution is -1.76. The summed E-state index contributed by atoms with van der Waals surface area (Å²) in [6, 6.07) is 8.49. The number of hydrogen-bond donors (Lipinski definition) is 0. The van der Waals surface area contributed by atoms with Gasteiger partial charge in [0.1, 0.15) is 0 Å². The van der Waals surface area contributed by atoms with Crippen molar-refractivity contribution >= 4 is 6.08 Å². The molecule has 0 spiro atoms. The van der Waals surface area contributed by atoms with Crippen LogP contribution in [0.15, 0.2) is 30.3 Å². The first kappa shape index (κ1) is 9.05. The van der Waals surface area contributed by atoms with Gasteiger partial charge in [0.25, 0.3) is 0 Å². The Hall–Kier alpha value is -1.04. The molecule has 0 saturated carbocycles. The van der Waals surface area contributed by atoms with Gasteiger partial charge in [-0.25, -0.2) is 0 Å². The Balaban J connectivity index is 0.000000213. The van der Waals surface area contributed by atoms with Gasteiger partial charge in [-0.05, 0) is 17.5 Å². The van der Waals surface area contributed by atoms with Crippen LogP contribution in [-0.2, 0) is 6.42 Å². The number of rotatable bonds is 0. The van der Waals surface area contributed by atoms with Crippen LogP contribution in [0.1, 0.15) is 31.4 Å². The van der Waals surface area contributed by atoms with E-state index in [1.807, 2.05) is 0 Å². The zero-order valence-electron chi connectivity index (χ0n) is 7.88. The summed E-state index contributed by atoms with van der Waals surface area (Å²) in [5.74, 6) is 0.